The second-order valence-electron chi connectivity index (χ2n) is 3.93. The van der Waals surface area contributed by atoms with Gasteiger partial charge in [-0.1, -0.05) is 6.92 Å². The third-order valence-corrected chi connectivity index (χ3v) is 2.86. The second-order valence-corrected chi connectivity index (χ2v) is 3.93. The van der Waals surface area contributed by atoms with Gasteiger partial charge in [-0.25, -0.2) is 0 Å². The molecule has 0 amide bonds. The Labute approximate surface area is 109 Å². The highest BCUT2D eigenvalue weighted by atomic mass is 16.6. The van der Waals surface area contributed by atoms with E-state index in [1.165, 1.54) is 0 Å². The Balaban J connectivity index is 5.00. The summed E-state index contributed by atoms with van der Waals surface area (Å²) >= 11 is 0. The molecule has 0 spiro atoms. The summed E-state index contributed by atoms with van der Waals surface area (Å²) in [6.45, 7) is 5.70. The molecule has 0 aromatic heterocycles. The highest BCUT2D eigenvalue weighted by molar-refractivity contribution is 6.00. The molecule has 4 heteroatoms. The van der Waals surface area contributed by atoms with Crippen LogP contribution in [-0.4, -0.2) is 25.2 Å². The summed E-state index contributed by atoms with van der Waals surface area (Å²) in [7, 11) is 0. The third-order valence-electron chi connectivity index (χ3n) is 2.86. The van der Waals surface area contributed by atoms with E-state index in [9.17, 15) is 9.59 Å². The fraction of sp³-hybridized carbons (Fsp3) is 0.714. The van der Waals surface area contributed by atoms with Crippen LogP contribution in [0.3, 0.4) is 0 Å². The number of hydrogen-bond donors (Lipinski definition) is 0. The van der Waals surface area contributed by atoms with Gasteiger partial charge in [0, 0.05) is 6.42 Å². The molecule has 0 aliphatic carbocycles. The maximum Gasteiger partial charge on any atom is 0.323 e. The highest BCUT2D eigenvalue weighted by Crippen LogP contribution is 2.32. The number of esters is 2. The molecule has 0 bridgehead atoms. The number of hydrogen-bond acceptors (Lipinski definition) is 4. The largest absolute Gasteiger partial charge is 0.465 e. The second kappa shape index (κ2) is 8.57. The molecule has 4 nitrogen and oxygen atoms in total. The molecular formula is C14H22O4. The molecule has 0 N–H and O–H groups in total. The summed E-state index contributed by atoms with van der Waals surface area (Å²) in [5, 5.41) is 0. The van der Waals surface area contributed by atoms with Gasteiger partial charge in [0.25, 0.3) is 0 Å². The Bertz CT molecular complexity index is 296. The molecule has 0 aromatic rings. The van der Waals surface area contributed by atoms with Gasteiger partial charge in [-0.05, 0) is 33.1 Å². The number of carbonyl (C=O) groups is 2. The van der Waals surface area contributed by atoms with Crippen molar-refractivity contribution >= 4 is 11.9 Å². The predicted octanol–water partition coefficient (Wildman–Crippen LogP) is 2.31. The first-order valence-corrected chi connectivity index (χ1v) is 6.36. The van der Waals surface area contributed by atoms with Gasteiger partial charge in [0.05, 0.1) is 13.2 Å². The fourth-order valence-electron chi connectivity index (χ4n) is 1.78. The Morgan fingerprint density at radius 3 is 1.94 bits per heavy atom. The predicted molar refractivity (Wildman–Crippen MR) is 68.7 cm³/mol. The van der Waals surface area contributed by atoms with Crippen LogP contribution in [0.5, 0.6) is 0 Å². The van der Waals surface area contributed by atoms with Crippen molar-refractivity contribution in [2.75, 3.05) is 13.2 Å². The van der Waals surface area contributed by atoms with E-state index >= 15 is 0 Å². The van der Waals surface area contributed by atoms with Crippen molar-refractivity contribution in [3.05, 3.63) is 0 Å². The fourth-order valence-corrected chi connectivity index (χ4v) is 1.78. The zero-order valence-electron chi connectivity index (χ0n) is 11.5. The molecule has 18 heavy (non-hydrogen) atoms. The minimum Gasteiger partial charge on any atom is -0.465 e. The summed E-state index contributed by atoms with van der Waals surface area (Å²) in [6, 6.07) is 0. The van der Waals surface area contributed by atoms with E-state index < -0.39 is 17.4 Å². The molecule has 0 aliphatic rings. The lowest BCUT2D eigenvalue weighted by atomic mass is 9.80. The quantitative estimate of drug-likeness (QED) is 0.289. The molecule has 0 aromatic carbocycles. The Morgan fingerprint density at radius 1 is 1.11 bits per heavy atom. The maximum atomic E-state index is 12.0. The first-order valence-electron chi connectivity index (χ1n) is 6.36. The molecule has 0 atom stereocenters. The summed E-state index contributed by atoms with van der Waals surface area (Å²) in [6.07, 6.45) is 7.04. The summed E-state index contributed by atoms with van der Waals surface area (Å²) in [4.78, 5) is 24.1. The molecule has 0 saturated carbocycles. The van der Waals surface area contributed by atoms with Crippen molar-refractivity contribution in [2.24, 2.45) is 5.41 Å². The monoisotopic (exact) mass is 254 g/mol. The normalized spacial score (nSPS) is 10.6. The van der Waals surface area contributed by atoms with Gasteiger partial charge in [-0.3, -0.25) is 9.59 Å². The number of terminal acetylenes is 1. The highest BCUT2D eigenvalue weighted by Gasteiger charge is 2.46. The van der Waals surface area contributed by atoms with Crippen molar-refractivity contribution in [3.8, 4) is 12.3 Å². The van der Waals surface area contributed by atoms with Crippen LogP contribution in [-0.2, 0) is 19.1 Å². The van der Waals surface area contributed by atoms with Gasteiger partial charge in [0.15, 0.2) is 5.41 Å². The molecule has 0 aliphatic heterocycles. The zero-order valence-corrected chi connectivity index (χ0v) is 11.5. The molecule has 0 heterocycles. The topological polar surface area (TPSA) is 52.6 Å². The van der Waals surface area contributed by atoms with Crippen molar-refractivity contribution < 1.29 is 19.1 Å². The van der Waals surface area contributed by atoms with Crippen LogP contribution in [0.2, 0.25) is 0 Å². The standard InChI is InChI=1S/C14H22O4/c1-5-9-10-11-14(6-2,12(15)17-7-3)13(16)18-8-4/h1H,6-11H2,2-4H3. The molecular weight excluding hydrogens is 232 g/mol. The lowest BCUT2D eigenvalue weighted by Gasteiger charge is -2.27. The van der Waals surface area contributed by atoms with Crippen LogP contribution in [0.25, 0.3) is 0 Å². The maximum absolute atomic E-state index is 12.0. The lowest BCUT2D eigenvalue weighted by Crippen LogP contribution is -2.41. The van der Waals surface area contributed by atoms with Gasteiger partial charge < -0.3 is 9.47 Å². The molecule has 0 fully saturated rings. The first-order chi connectivity index (χ1) is 8.58. The van der Waals surface area contributed by atoms with Gasteiger partial charge >= 0.3 is 11.9 Å². The summed E-state index contributed by atoms with van der Waals surface area (Å²) in [5.41, 5.74) is -1.21. The number of ether oxygens (including phenoxy) is 2. The number of unbranched alkanes of at least 4 members (excludes halogenated alkanes) is 1. The molecule has 0 saturated heterocycles. The third kappa shape index (κ3) is 4.06. The van der Waals surface area contributed by atoms with Crippen LogP contribution in [0, 0.1) is 17.8 Å². The van der Waals surface area contributed by atoms with E-state index in [0.717, 1.165) is 0 Å². The average Bonchev–Trinajstić information content (AvgIpc) is 2.35. The number of carbonyl (C=O) groups excluding carboxylic acids is 2. The van der Waals surface area contributed by atoms with Crippen molar-refractivity contribution in [1.82, 2.24) is 0 Å². The minimum absolute atomic E-state index is 0.245. The van der Waals surface area contributed by atoms with Crippen molar-refractivity contribution in [3.63, 3.8) is 0 Å². The van der Waals surface area contributed by atoms with E-state index in [4.69, 9.17) is 15.9 Å². The van der Waals surface area contributed by atoms with Gasteiger partial charge in [-0.15, -0.1) is 12.3 Å². The molecule has 102 valence electrons. The van der Waals surface area contributed by atoms with Crippen LogP contribution in [0.15, 0.2) is 0 Å². The lowest BCUT2D eigenvalue weighted by molar-refractivity contribution is -0.173. The Hall–Kier alpha value is -1.50. The van der Waals surface area contributed by atoms with E-state index in [1.807, 2.05) is 0 Å². The Morgan fingerprint density at radius 2 is 1.61 bits per heavy atom. The molecule has 0 radical (unpaired) electrons. The number of rotatable bonds is 8. The van der Waals surface area contributed by atoms with Crippen LogP contribution < -0.4 is 0 Å². The molecule has 0 unspecified atom stereocenters. The summed E-state index contributed by atoms with van der Waals surface area (Å²) < 4.78 is 10.0. The van der Waals surface area contributed by atoms with Crippen LogP contribution in [0.1, 0.15) is 46.5 Å². The van der Waals surface area contributed by atoms with E-state index in [0.29, 0.717) is 25.7 Å². The minimum atomic E-state index is -1.21. The SMILES string of the molecule is C#CCCCC(CC)(C(=O)OCC)C(=O)OCC. The van der Waals surface area contributed by atoms with Crippen LogP contribution in [0.4, 0.5) is 0 Å². The zero-order chi connectivity index (χ0) is 14.0. The Kier molecular flexibility index (Phi) is 7.86. The first kappa shape index (κ1) is 16.5. The van der Waals surface area contributed by atoms with Crippen molar-refractivity contribution in [2.45, 2.75) is 46.5 Å². The van der Waals surface area contributed by atoms with Gasteiger partial charge in [-0.2, -0.15) is 0 Å². The smallest absolute Gasteiger partial charge is 0.323 e. The summed E-state index contributed by atoms with van der Waals surface area (Å²) in [5.74, 6) is 1.48. The molecule has 0 rings (SSSR count). The van der Waals surface area contributed by atoms with Gasteiger partial charge in [0.1, 0.15) is 0 Å². The average molecular weight is 254 g/mol. The van der Waals surface area contributed by atoms with Crippen molar-refractivity contribution in [1.29, 1.82) is 0 Å². The van der Waals surface area contributed by atoms with Crippen LogP contribution >= 0.6 is 0 Å². The van der Waals surface area contributed by atoms with E-state index in [-0.39, 0.29) is 13.2 Å². The van der Waals surface area contributed by atoms with E-state index in [2.05, 4.69) is 5.92 Å². The van der Waals surface area contributed by atoms with Gasteiger partial charge in [0.2, 0.25) is 0 Å². The van der Waals surface area contributed by atoms with E-state index in [1.54, 1.807) is 20.8 Å².